The molecule has 2 aliphatic heterocycles. The zero-order valence-corrected chi connectivity index (χ0v) is 20.2. The van der Waals surface area contributed by atoms with E-state index in [0.717, 1.165) is 88.0 Å². The summed E-state index contributed by atoms with van der Waals surface area (Å²) >= 11 is 12.5. The molecule has 0 aliphatic carbocycles. The minimum atomic E-state index is 0.618. The molecular weight excluding hydrogens is 445 g/mol. The Hall–Kier alpha value is -1.95. The van der Waals surface area contributed by atoms with Crippen LogP contribution in [-0.4, -0.2) is 56.7 Å². The fraction of sp³-hybridized carbons (Fsp3) is 0.480. The highest BCUT2D eigenvalue weighted by molar-refractivity contribution is 6.43. The molecule has 1 saturated heterocycles. The lowest BCUT2D eigenvalue weighted by molar-refractivity contribution is 0.238. The normalized spacial score (nSPS) is 16.5. The second kappa shape index (κ2) is 11.3. The number of anilines is 1. The summed E-state index contributed by atoms with van der Waals surface area (Å²) in [7, 11) is 0. The number of hydrogen-bond donors (Lipinski definition) is 0. The summed E-state index contributed by atoms with van der Waals surface area (Å²) in [6.45, 7) is 8.47. The molecule has 4 rings (SSSR count). The standard InChI is InChI=1S/C25H31Cl2N3O2/c1-2-31-24-11-9-19-8-10-20(18-22(19)28-24)32-17-4-3-12-29-13-15-30(16-14-29)23-7-5-6-21(26)25(23)27/h5-8,10,18H,2-4,9,11-17H2,1H3. The maximum atomic E-state index is 6.38. The van der Waals surface area contributed by atoms with Gasteiger partial charge in [0.1, 0.15) is 5.75 Å². The van der Waals surface area contributed by atoms with Crippen LogP contribution in [0.4, 0.5) is 11.4 Å². The molecule has 5 nitrogen and oxygen atoms in total. The van der Waals surface area contributed by atoms with Crippen molar-refractivity contribution < 1.29 is 9.47 Å². The van der Waals surface area contributed by atoms with E-state index in [1.165, 1.54) is 5.56 Å². The van der Waals surface area contributed by atoms with Crippen LogP contribution in [0.3, 0.4) is 0 Å². The summed E-state index contributed by atoms with van der Waals surface area (Å²) in [4.78, 5) is 9.46. The first-order valence-electron chi connectivity index (χ1n) is 11.5. The predicted octanol–water partition coefficient (Wildman–Crippen LogP) is 5.99. The predicted molar refractivity (Wildman–Crippen MR) is 133 cm³/mol. The molecule has 32 heavy (non-hydrogen) atoms. The van der Waals surface area contributed by atoms with Gasteiger partial charge in [-0.15, -0.1) is 0 Å². The van der Waals surface area contributed by atoms with E-state index in [0.29, 0.717) is 16.7 Å². The number of aliphatic imine (C=N–C) groups is 1. The highest BCUT2D eigenvalue weighted by Crippen LogP contribution is 2.33. The number of halogens is 2. The van der Waals surface area contributed by atoms with Gasteiger partial charge in [-0.3, -0.25) is 4.90 Å². The molecule has 7 heteroatoms. The average Bonchev–Trinajstić information content (AvgIpc) is 2.81. The van der Waals surface area contributed by atoms with Crippen molar-refractivity contribution >= 4 is 40.5 Å². The van der Waals surface area contributed by atoms with E-state index < -0.39 is 0 Å². The van der Waals surface area contributed by atoms with Gasteiger partial charge in [-0.25, -0.2) is 4.99 Å². The molecule has 0 amide bonds. The first-order valence-corrected chi connectivity index (χ1v) is 12.3. The number of benzene rings is 2. The van der Waals surface area contributed by atoms with E-state index in [2.05, 4.69) is 26.9 Å². The third-order valence-corrected chi connectivity index (χ3v) is 6.81. The Morgan fingerprint density at radius 3 is 2.62 bits per heavy atom. The Kier molecular flexibility index (Phi) is 8.17. The molecule has 0 saturated carbocycles. The Balaban J connectivity index is 1.16. The fourth-order valence-corrected chi connectivity index (χ4v) is 4.64. The third kappa shape index (κ3) is 5.89. The minimum absolute atomic E-state index is 0.618. The summed E-state index contributed by atoms with van der Waals surface area (Å²) in [5.74, 6) is 1.71. The molecule has 0 unspecified atom stereocenters. The van der Waals surface area contributed by atoms with Crippen LogP contribution in [0.15, 0.2) is 41.4 Å². The summed E-state index contributed by atoms with van der Waals surface area (Å²) < 4.78 is 11.6. The van der Waals surface area contributed by atoms with Gasteiger partial charge < -0.3 is 14.4 Å². The van der Waals surface area contributed by atoms with Crippen LogP contribution < -0.4 is 9.64 Å². The van der Waals surface area contributed by atoms with Crippen molar-refractivity contribution in [2.24, 2.45) is 4.99 Å². The fourth-order valence-electron chi connectivity index (χ4n) is 4.23. The lowest BCUT2D eigenvalue weighted by Crippen LogP contribution is -2.46. The minimum Gasteiger partial charge on any atom is -0.494 e. The van der Waals surface area contributed by atoms with Gasteiger partial charge in [0.05, 0.1) is 34.6 Å². The number of fused-ring (bicyclic) bond motifs is 1. The number of nitrogens with zero attached hydrogens (tertiary/aromatic N) is 3. The van der Waals surface area contributed by atoms with Gasteiger partial charge in [0.2, 0.25) is 0 Å². The van der Waals surface area contributed by atoms with Crippen LogP contribution >= 0.6 is 23.2 Å². The van der Waals surface area contributed by atoms with Crippen LogP contribution in [0.5, 0.6) is 5.75 Å². The molecule has 2 aliphatic rings. The van der Waals surface area contributed by atoms with Crippen LogP contribution in [-0.2, 0) is 11.2 Å². The number of unbranched alkanes of at least 4 members (excludes halogenated alkanes) is 1. The van der Waals surface area contributed by atoms with Crippen molar-refractivity contribution in [1.82, 2.24) is 4.90 Å². The molecule has 0 radical (unpaired) electrons. The number of piperazine rings is 1. The molecule has 0 atom stereocenters. The molecule has 0 aromatic heterocycles. The van der Waals surface area contributed by atoms with E-state index >= 15 is 0 Å². The SMILES string of the molecule is CCOC1=Nc2cc(OCCCCN3CCN(c4cccc(Cl)c4Cl)CC3)ccc2CC1. The topological polar surface area (TPSA) is 37.3 Å². The summed E-state index contributed by atoms with van der Waals surface area (Å²) in [5.41, 5.74) is 3.28. The van der Waals surface area contributed by atoms with Crippen LogP contribution in [0.25, 0.3) is 0 Å². The van der Waals surface area contributed by atoms with Crippen molar-refractivity contribution in [3.8, 4) is 5.75 Å². The number of hydrogen-bond acceptors (Lipinski definition) is 5. The summed E-state index contributed by atoms with van der Waals surface area (Å²) in [6.07, 6.45) is 4.01. The van der Waals surface area contributed by atoms with Gasteiger partial charge in [-0.1, -0.05) is 35.3 Å². The Bertz CT molecular complexity index is 943. The lowest BCUT2D eigenvalue weighted by atomic mass is 10.0. The highest BCUT2D eigenvalue weighted by atomic mass is 35.5. The van der Waals surface area contributed by atoms with Gasteiger partial charge in [0, 0.05) is 38.7 Å². The zero-order valence-electron chi connectivity index (χ0n) is 18.7. The van der Waals surface area contributed by atoms with Gasteiger partial charge in [-0.05, 0) is 56.5 Å². The van der Waals surface area contributed by atoms with Gasteiger partial charge in [-0.2, -0.15) is 0 Å². The molecule has 1 fully saturated rings. The molecule has 2 aromatic carbocycles. The average molecular weight is 476 g/mol. The first-order chi connectivity index (χ1) is 15.6. The lowest BCUT2D eigenvalue weighted by Gasteiger charge is -2.36. The van der Waals surface area contributed by atoms with Crippen molar-refractivity contribution in [3.63, 3.8) is 0 Å². The molecule has 172 valence electrons. The van der Waals surface area contributed by atoms with E-state index in [-0.39, 0.29) is 0 Å². The highest BCUT2D eigenvalue weighted by Gasteiger charge is 2.19. The molecule has 0 spiro atoms. The second-order valence-corrected chi connectivity index (χ2v) is 8.97. The number of aryl methyl sites for hydroxylation is 1. The molecule has 0 bridgehead atoms. The Morgan fingerprint density at radius 1 is 0.969 bits per heavy atom. The number of rotatable bonds is 8. The Labute approximate surface area is 200 Å². The van der Waals surface area contributed by atoms with Crippen molar-refractivity contribution in [1.29, 1.82) is 0 Å². The van der Waals surface area contributed by atoms with E-state index in [1.54, 1.807) is 0 Å². The van der Waals surface area contributed by atoms with Crippen molar-refractivity contribution in [2.75, 3.05) is 50.8 Å². The molecule has 2 aromatic rings. The van der Waals surface area contributed by atoms with Gasteiger partial charge >= 0.3 is 0 Å². The van der Waals surface area contributed by atoms with E-state index in [9.17, 15) is 0 Å². The molecule has 0 N–H and O–H groups in total. The van der Waals surface area contributed by atoms with Crippen LogP contribution in [0.1, 0.15) is 31.7 Å². The van der Waals surface area contributed by atoms with E-state index in [1.807, 2.05) is 31.2 Å². The maximum Gasteiger partial charge on any atom is 0.188 e. The van der Waals surface area contributed by atoms with E-state index in [4.69, 9.17) is 32.7 Å². The monoisotopic (exact) mass is 475 g/mol. The third-order valence-electron chi connectivity index (χ3n) is 6.00. The molecular formula is C25H31Cl2N3O2. The summed E-state index contributed by atoms with van der Waals surface area (Å²) in [6, 6.07) is 12.1. The quantitative estimate of drug-likeness (QED) is 0.439. The second-order valence-electron chi connectivity index (χ2n) is 8.19. The first kappa shape index (κ1) is 23.2. The van der Waals surface area contributed by atoms with Crippen molar-refractivity contribution in [2.45, 2.75) is 32.6 Å². The largest absolute Gasteiger partial charge is 0.494 e. The zero-order chi connectivity index (χ0) is 22.3. The van der Waals surface area contributed by atoms with Crippen LogP contribution in [0.2, 0.25) is 10.0 Å². The Morgan fingerprint density at radius 2 is 1.81 bits per heavy atom. The van der Waals surface area contributed by atoms with Crippen LogP contribution in [0, 0.1) is 0 Å². The maximum absolute atomic E-state index is 6.38. The smallest absolute Gasteiger partial charge is 0.188 e. The van der Waals surface area contributed by atoms with Gasteiger partial charge in [0.15, 0.2) is 5.90 Å². The van der Waals surface area contributed by atoms with Crippen molar-refractivity contribution in [3.05, 3.63) is 52.0 Å². The van der Waals surface area contributed by atoms with Gasteiger partial charge in [0.25, 0.3) is 0 Å². The summed E-state index contributed by atoms with van der Waals surface area (Å²) in [5, 5.41) is 1.27. The number of ether oxygens (including phenoxy) is 2. The molecule has 2 heterocycles.